The van der Waals surface area contributed by atoms with Crippen LogP contribution in [0.5, 0.6) is 0 Å². The normalized spacial score (nSPS) is 17.6. The summed E-state index contributed by atoms with van der Waals surface area (Å²) in [5.74, 6) is -3.22. The van der Waals surface area contributed by atoms with Crippen LogP contribution >= 0.6 is 0 Å². The standard InChI is InChI=1S/C46H32N12O24S6.6Na/c47-39-37-23(15-33(85(71,72)73)41(39)53-49-25-7-11-29(12-8-25)57(61)62)17-35(87(77,78)79)43(45(37)59)55-51-27-5-3-21(31(19-27)83(65,66)67)1-2-22-4-6-28(20-32(22)84(68,69)70)52-56-44-36(88(80,81)82)18-24-16-34(86(74,75)76)42(40(48)38(24)46(44)60)54-50-26-9-13-30(14-10-26)58(63)64;;;;;;/h1-20,61-62H,(H10-,47,48,49,50,59,60,65,66,67,68,69,70,71,72,73,74,75,76,77,78,79,80,81,82);;;;;;/q;6*+1/p-5. The minimum absolute atomic E-state index is 0. The number of azo groups is 2. The van der Waals surface area contributed by atoms with Gasteiger partial charge in [0.25, 0.3) is 15.8 Å². The van der Waals surface area contributed by atoms with Gasteiger partial charge in [-0.05, 0) is 112 Å². The quantitative estimate of drug-likeness (QED) is 0.0184. The van der Waals surface area contributed by atoms with Crippen LogP contribution in [0.15, 0.2) is 191 Å². The van der Waals surface area contributed by atoms with Gasteiger partial charge in [0.2, 0.25) is 16.5 Å². The molecule has 0 atom stereocenters. The van der Waals surface area contributed by atoms with Crippen LogP contribution in [0.4, 0.5) is 45.5 Å². The molecule has 0 saturated carbocycles. The zero-order valence-electron chi connectivity index (χ0n) is 48.5. The molecular formula is C46H27N12Na6O24S6+. The predicted octanol–water partition coefficient (Wildman–Crippen LogP) is -11.2. The Morgan fingerprint density at radius 1 is 0.521 bits per heavy atom. The first-order valence-electron chi connectivity index (χ1n) is 22.8. The molecule has 0 aromatic heterocycles. The molecule has 0 saturated heterocycles. The maximum atomic E-state index is 14.0. The van der Waals surface area contributed by atoms with Gasteiger partial charge in [-0.25, -0.2) is 33.7 Å². The zero-order valence-corrected chi connectivity index (χ0v) is 65.4. The van der Waals surface area contributed by atoms with Crippen LogP contribution in [-0.2, 0) is 65.3 Å². The number of nitrogens with one attached hydrogen (secondary N) is 2. The number of carbonyl (C=O) groups is 2. The molecule has 0 unspecified atom stereocenters. The van der Waals surface area contributed by atoms with Crippen molar-refractivity contribution < 1.29 is 280 Å². The van der Waals surface area contributed by atoms with Crippen molar-refractivity contribution >= 4 is 153 Å². The fourth-order valence-electron chi connectivity index (χ4n) is 7.89. The predicted molar refractivity (Wildman–Crippen MR) is 300 cm³/mol. The number of benzene rings is 4. The molecule has 8 rings (SSSR count). The number of ketones is 2. The summed E-state index contributed by atoms with van der Waals surface area (Å²) in [7, 11) is -33.4. The number of nitro groups is 1. The van der Waals surface area contributed by atoms with Crippen molar-refractivity contribution in [3.8, 4) is 0 Å². The van der Waals surface area contributed by atoms with E-state index < -0.39 is 192 Å². The van der Waals surface area contributed by atoms with Gasteiger partial charge in [0.1, 0.15) is 45.4 Å². The SMILES string of the molecule is [NH-]c1c(N=Nc2ccc(N(O)O)cc2)c(S(=O)(=O)[O-])cc2c1C(=O)C(=NN=C1C=CC(=CC=C3C=CC(=NN=C4C(=O)c5c(cc(S(=O)(=O)[O-])c(N=Nc6ccc([N+](=O)[O-])cc6)c5[NH-])C=C4S(=O)(=O)O)C=C3S(=O)(=O)[O-])C([S+](=O)(O)O)=C1)C(S(=O)(=O)[O-])=C2.[Na+].[Na+].[Na+].[Na+].[Na+].[Na+]. The molecule has 94 heavy (non-hydrogen) atoms. The van der Waals surface area contributed by atoms with Crippen LogP contribution in [0.3, 0.4) is 0 Å². The third-order valence-electron chi connectivity index (χ3n) is 11.8. The fourth-order valence-corrected chi connectivity index (χ4v) is 11.9. The second kappa shape index (κ2) is 33.5. The fraction of sp³-hybridized carbons (Fsp3) is 0. The van der Waals surface area contributed by atoms with Gasteiger partial charge in [-0.1, -0.05) is 12.2 Å². The van der Waals surface area contributed by atoms with E-state index in [4.69, 9.17) is 11.5 Å². The molecule has 4 aromatic rings. The Morgan fingerprint density at radius 2 is 0.915 bits per heavy atom. The van der Waals surface area contributed by atoms with Crippen LogP contribution in [0, 0.1) is 10.1 Å². The Labute approximate surface area is 663 Å². The van der Waals surface area contributed by atoms with E-state index in [9.17, 15) is 108 Å². The van der Waals surface area contributed by atoms with E-state index in [2.05, 4.69) is 40.9 Å². The minimum Gasteiger partial charge on any atom is -0.744 e. The number of non-ortho nitro benzene ring substituents is 1. The second-order valence-electron chi connectivity index (χ2n) is 17.4. The molecule has 0 radical (unpaired) electrons. The third-order valence-corrected chi connectivity index (χ3v) is 17.0. The molecule has 0 bridgehead atoms. The molecule has 7 N–H and O–H groups in total. The Hall–Kier alpha value is -3.64. The molecule has 48 heteroatoms. The molecule has 36 nitrogen and oxygen atoms in total. The van der Waals surface area contributed by atoms with Crippen LogP contribution < -0.4 is 183 Å². The Balaban J connectivity index is 0.00000501. The zero-order chi connectivity index (χ0) is 65.0. The molecule has 0 fully saturated rings. The van der Waals surface area contributed by atoms with Crippen molar-refractivity contribution in [2.24, 2.45) is 40.9 Å². The van der Waals surface area contributed by atoms with E-state index in [0.717, 1.165) is 85.0 Å². The number of anilines is 1. The molecule has 0 amide bonds. The topological polar surface area (TPSA) is 608 Å². The largest absolute Gasteiger partial charge is 1.00 e. The first-order valence-corrected chi connectivity index (χ1v) is 31.4. The Bertz CT molecular complexity index is 4990. The summed E-state index contributed by atoms with van der Waals surface area (Å²) >= 11 is 0. The number of nitro benzene ring substituents is 1. The van der Waals surface area contributed by atoms with E-state index in [1.165, 1.54) is 0 Å². The van der Waals surface area contributed by atoms with Gasteiger partial charge >= 0.3 is 188 Å². The number of rotatable bonds is 15. The van der Waals surface area contributed by atoms with Gasteiger partial charge < -0.3 is 29.7 Å². The molecule has 456 valence electrons. The summed E-state index contributed by atoms with van der Waals surface area (Å²) in [6.45, 7) is 0. The van der Waals surface area contributed by atoms with Crippen molar-refractivity contribution in [1.82, 2.24) is 0 Å². The average molecular weight is 1460 g/mol. The van der Waals surface area contributed by atoms with E-state index in [0.29, 0.717) is 36.4 Å². The van der Waals surface area contributed by atoms with Crippen LogP contribution in [0.25, 0.3) is 23.6 Å². The first-order chi connectivity index (χ1) is 40.7. The van der Waals surface area contributed by atoms with Crippen LogP contribution in [0.1, 0.15) is 31.8 Å². The number of carbonyl (C=O) groups excluding carboxylic acids is 2. The summed E-state index contributed by atoms with van der Waals surface area (Å²) < 4.78 is 218. The maximum Gasteiger partial charge on any atom is 1.00 e. The molecule has 0 aliphatic heterocycles. The summed E-state index contributed by atoms with van der Waals surface area (Å²) in [6, 6.07) is 9.25. The summed E-state index contributed by atoms with van der Waals surface area (Å²) in [5.41, 5.74) is 3.55. The van der Waals surface area contributed by atoms with E-state index in [-0.39, 0.29) is 200 Å². The third kappa shape index (κ3) is 20.1. The minimum atomic E-state index is -5.79. The average Bonchev–Trinajstić information content (AvgIpc) is 0.748. The van der Waals surface area contributed by atoms with Crippen molar-refractivity contribution in [2.75, 3.05) is 5.23 Å². The Kier molecular flexibility index (Phi) is 30.8. The summed E-state index contributed by atoms with van der Waals surface area (Å²) in [6.07, 6.45) is 7.07. The second-order valence-corrected chi connectivity index (χ2v) is 25.7. The van der Waals surface area contributed by atoms with Gasteiger partial charge in [-0.15, -0.1) is 26.8 Å². The van der Waals surface area contributed by atoms with E-state index >= 15 is 0 Å². The van der Waals surface area contributed by atoms with Gasteiger partial charge in [-0.3, -0.25) is 34.7 Å². The van der Waals surface area contributed by atoms with Gasteiger partial charge in [0, 0.05) is 34.9 Å². The molecular weight excluding hydrogens is 1430 g/mol. The molecule has 0 spiro atoms. The van der Waals surface area contributed by atoms with Crippen molar-refractivity contribution in [3.05, 3.63) is 184 Å². The van der Waals surface area contributed by atoms with Crippen molar-refractivity contribution in [2.45, 2.75) is 9.79 Å². The Morgan fingerprint density at radius 3 is 1.31 bits per heavy atom. The number of nitrogens with zero attached hydrogens (tertiary/aromatic N) is 10. The molecule has 4 aromatic carbocycles. The summed E-state index contributed by atoms with van der Waals surface area (Å²) in [4.78, 5) is 30.5. The van der Waals surface area contributed by atoms with Crippen LogP contribution in [-0.4, -0.2) is 124 Å². The molecule has 4 aliphatic carbocycles. The van der Waals surface area contributed by atoms with Crippen LogP contribution in [0.2, 0.25) is 0 Å². The number of fused-ring (bicyclic) bond motifs is 2. The van der Waals surface area contributed by atoms with Gasteiger partial charge in [-0.2, -0.15) is 48.2 Å². The number of allylic oxidation sites excluding steroid dienone is 12. The van der Waals surface area contributed by atoms with E-state index in [1.807, 2.05) is 0 Å². The van der Waals surface area contributed by atoms with Gasteiger partial charge in [0.15, 0.2) is 11.4 Å². The van der Waals surface area contributed by atoms with Gasteiger partial charge in [0.05, 0.1) is 64.4 Å². The monoisotopic (exact) mass is 1460 g/mol. The number of hydrogen-bond donors (Lipinski definition) is 5. The first kappa shape index (κ1) is 86.4. The smallest absolute Gasteiger partial charge is 0.744 e. The molecule has 0 heterocycles. The maximum absolute atomic E-state index is 14.0. The number of hydrogen-bond acceptors (Lipinski definition) is 30. The molecule has 4 aliphatic rings. The number of Topliss-reactive ketones (excluding diaryl/α,β-unsaturated/α-hetero) is 2. The van der Waals surface area contributed by atoms with E-state index in [1.54, 1.807) is 0 Å². The van der Waals surface area contributed by atoms with Crippen molar-refractivity contribution in [3.63, 3.8) is 0 Å². The van der Waals surface area contributed by atoms with Crippen molar-refractivity contribution in [1.29, 1.82) is 0 Å². The summed E-state index contributed by atoms with van der Waals surface area (Å²) in [5, 5.41) is 57.9.